The van der Waals surface area contributed by atoms with Crippen molar-refractivity contribution in [2.45, 2.75) is 6.54 Å². The maximum Gasteiger partial charge on any atom is 0.151 e. The van der Waals surface area contributed by atoms with Crippen LogP contribution < -0.4 is 5.73 Å². The maximum atomic E-state index is 13.5. The summed E-state index contributed by atoms with van der Waals surface area (Å²) >= 11 is 2.99. The van der Waals surface area contributed by atoms with Gasteiger partial charge in [-0.1, -0.05) is 0 Å². The number of nitrogens with two attached hydrogens (primary N) is 1. The van der Waals surface area contributed by atoms with E-state index in [1.165, 1.54) is 10.7 Å². The number of hydrogen-bond donors (Lipinski definition) is 1. The smallest absolute Gasteiger partial charge is 0.151 e. The minimum Gasteiger partial charge on any atom is -0.325 e. The van der Waals surface area contributed by atoms with Gasteiger partial charge in [-0.15, -0.1) is 0 Å². The molecule has 1 aromatic heterocycles. The highest BCUT2D eigenvalue weighted by Crippen LogP contribution is 2.22. The molecule has 0 bridgehead atoms. The fourth-order valence-corrected chi connectivity index (χ4v) is 1.62. The Bertz CT molecular complexity index is 525. The fourth-order valence-electron chi connectivity index (χ4n) is 1.29. The molecule has 2 aromatic rings. The van der Waals surface area contributed by atoms with Gasteiger partial charge in [-0.2, -0.15) is 5.10 Å². The van der Waals surface area contributed by atoms with Crippen LogP contribution in [0.1, 0.15) is 5.69 Å². The molecule has 0 saturated carbocycles. The van der Waals surface area contributed by atoms with Gasteiger partial charge in [-0.3, -0.25) is 0 Å². The van der Waals surface area contributed by atoms with Crippen molar-refractivity contribution in [3.63, 3.8) is 0 Å². The van der Waals surface area contributed by atoms with Crippen molar-refractivity contribution in [2.24, 2.45) is 5.73 Å². The van der Waals surface area contributed by atoms with E-state index in [-0.39, 0.29) is 16.7 Å². The summed E-state index contributed by atoms with van der Waals surface area (Å²) in [5.74, 6) is -1.32. The highest BCUT2D eigenvalue weighted by atomic mass is 79.9. The van der Waals surface area contributed by atoms with Crippen LogP contribution in [0.15, 0.2) is 28.9 Å². The second-order valence-electron chi connectivity index (χ2n) is 3.17. The zero-order valence-electron chi connectivity index (χ0n) is 8.12. The molecule has 0 atom stereocenters. The van der Waals surface area contributed by atoms with E-state index in [1.54, 1.807) is 12.3 Å². The normalized spacial score (nSPS) is 10.8. The third-order valence-corrected chi connectivity index (χ3v) is 2.70. The summed E-state index contributed by atoms with van der Waals surface area (Å²) in [7, 11) is 0. The lowest BCUT2D eigenvalue weighted by Crippen LogP contribution is -2.02. The van der Waals surface area contributed by atoms with Crippen molar-refractivity contribution >= 4 is 15.9 Å². The average Bonchev–Trinajstić information content (AvgIpc) is 2.71. The first-order valence-corrected chi connectivity index (χ1v) is 5.30. The minimum atomic E-state index is -0.674. The molecule has 6 heteroatoms. The quantitative estimate of drug-likeness (QED) is 0.862. The molecule has 0 saturated heterocycles. The molecule has 2 N–H and O–H groups in total. The van der Waals surface area contributed by atoms with Crippen LogP contribution in [0.25, 0.3) is 5.69 Å². The minimum absolute atomic E-state index is 0.174. The van der Waals surface area contributed by atoms with Gasteiger partial charge in [-0.05, 0) is 28.1 Å². The highest BCUT2D eigenvalue weighted by molar-refractivity contribution is 9.10. The van der Waals surface area contributed by atoms with E-state index < -0.39 is 11.6 Å². The van der Waals surface area contributed by atoms with Crippen LogP contribution in [0.5, 0.6) is 0 Å². The van der Waals surface area contributed by atoms with Crippen molar-refractivity contribution in [1.82, 2.24) is 9.78 Å². The molecule has 1 heterocycles. The molecule has 0 unspecified atom stereocenters. The maximum absolute atomic E-state index is 13.5. The molecule has 0 aliphatic heterocycles. The molecule has 84 valence electrons. The average molecular weight is 288 g/mol. The first-order chi connectivity index (χ1) is 7.61. The Labute approximate surface area is 99.0 Å². The molecule has 0 radical (unpaired) electrons. The number of hydrogen-bond acceptors (Lipinski definition) is 2. The van der Waals surface area contributed by atoms with Gasteiger partial charge in [0.1, 0.15) is 11.5 Å². The van der Waals surface area contributed by atoms with Gasteiger partial charge in [-0.25, -0.2) is 13.5 Å². The monoisotopic (exact) mass is 287 g/mol. The summed E-state index contributed by atoms with van der Waals surface area (Å²) < 4.78 is 28.0. The molecule has 0 fully saturated rings. The third-order valence-electron chi connectivity index (χ3n) is 2.09. The summed E-state index contributed by atoms with van der Waals surface area (Å²) in [6.45, 7) is 0.275. The summed E-state index contributed by atoms with van der Waals surface area (Å²) in [5, 5.41) is 4.04. The van der Waals surface area contributed by atoms with Gasteiger partial charge in [0.15, 0.2) is 5.82 Å². The number of aromatic nitrogens is 2. The van der Waals surface area contributed by atoms with E-state index in [9.17, 15) is 8.78 Å². The topological polar surface area (TPSA) is 43.8 Å². The first-order valence-electron chi connectivity index (χ1n) is 4.51. The van der Waals surface area contributed by atoms with Gasteiger partial charge in [0.2, 0.25) is 0 Å². The van der Waals surface area contributed by atoms with Crippen LogP contribution in [0.3, 0.4) is 0 Å². The van der Waals surface area contributed by atoms with Gasteiger partial charge in [0.25, 0.3) is 0 Å². The number of nitrogens with zero attached hydrogens (tertiary/aromatic N) is 2. The molecule has 3 nitrogen and oxygen atoms in total. The van der Waals surface area contributed by atoms with Crippen LogP contribution in [-0.2, 0) is 6.54 Å². The Hall–Kier alpha value is -1.27. The van der Waals surface area contributed by atoms with Crippen molar-refractivity contribution < 1.29 is 8.78 Å². The SMILES string of the molecule is NCc1ccn(-c2cc(Br)c(F)cc2F)n1. The predicted octanol–water partition coefficient (Wildman–Crippen LogP) is 2.37. The first kappa shape index (κ1) is 11.2. The second-order valence-corrected chi connectivity index (χ2v) is 4.03. The van der Waals surface area contributed by atoms with Crippen LogP contribution in [0, 0.1) is 11.6 Å². The Kier molecular flexibility index (Phi) is 3.02. The molecular formula is C10H8BrF2N3. The lowest BCUT2D eigenvalue weighted by Gasteiger charge is -2.04. The van der Waals surface area contributed by atoms with Crippen molar-refractivity contribution in [2.75, 3.05) is 0 Å². The Morgan fingerprint density at radius 3 is 2.69 bits per heavy atom. The number of halogens is 3. The molecule has 0 amide bonds. The summed E-state index contributed by atoms with van der Waals surface area (Å²) in [5.41, 5.74) is 6.21. The van der Waals surface area contributed by atoms with Gasteiger partial charge < -0.3 is 5.73 Å². The van der Waals surface area contributed by atoms with E-state index in [4.69, 9.17) is 5.73 Å². The molecule has 16 heavy (non-hydrogen) atoms. The van der Waals surface area contributed by atoms with E-state index in [0.717, 1.165) is 6.07 Å². The highest BCUT2D eigenvalue weighted by Gasteiger charge is 2.10. The van der Waals surface area contributed by atoms with Crippen LogP contribution >= 0.6 is 15.9 Å². The molecule has 1 aromatic carbocycles. The second kappa shape index (κ2) is 4.31. The van der Waals surface area contributed by atoms with Gasteiger partial charge >= 0.3 is 0 Å². The Morgan fingerprint density at radius 1 is 1.31 bits per heavy atom. The molecular weight excluding hydrogens is 280 g/mol. The van der Waals surface area contributed by atoms with E-state index in [1.807, 2.05) is 0 Å². The summed E-state index contributed by atoms with van der Waals surface area (Å²) in [6.07, 6.45) is 1.57. The summed E-state index contributed by atoms with van der Waals surface area (Å²) in [4.78, 5) is 0. The van der Waals surface area contributed by atoms with Crippen molar-refractivity contribution in [1.29, 1.82) is 0 Å². The Balaban J connectivity index is 2.51. The van der Waals surface area contributed by atoms with Gasteiger partial charge in [0.05, 0.1) is 10.2 Å². The number of rotatable bonds is 2. The number of benzene rings is 1. The predicted molar refractivity (Wildman–Crippen MR) is 59.1 cm³/mol. The van der Waals surface area contributed by atoms with Crippen molar-refractivity contribution in [3.8, 4) is 5.69 Å². The standard InChI is InChI=1S/C10H8BrF2N3/c11-7-3-10(9(13)4-8(7)12)16-2-1-6(5-14)15-16/h1-4H,5,14H2. The van der Waals surface area contributed by atoms with Crippen LogP contribution in [0.2, 0.25) is 0 Å². The van der Waals surface area contributed by atoms with E-state index >= 15 is 0 Å². The van der Waals surface area contributed by atoms with Crippen LogP contribution in [0.4, 0.5) is 8.78 Å². The fraction of sp³-hybridized carbons (Fsp3) is 0.100. The zero-order chi connectivity index (χ0) is 11.7. The molecule has 0 aliphatic rings. The zero-order valence-corrected chi connectivity index (χ0v) is 9.71. The lowest BCUT2D eigenvalue weighted by atomic mass is 10.3. The third kappa shape index (κ3) is 1.98. The molecule has 2 rings (SSSR count). The van der Waals surface area contributed by atoms with Gasteiger partial charge in [0, 0.05) is 18.8 Å². The van der Waals surface area contributed by atoms with E-state index in [0.29, 0.717) is 5.69 Å². The molecule has 0 spiro atoms. The lowest BCUT2D eigenvalue weighted by molar-refractivity contribution is 0.569. The summed E-state index contributed by atoms with van der Waals surface area (Å²) in [6, 6.07) is 3.82. The largest absolute Gasteiger partial charge is 0.325 e. The van der Waals surface area contributed by atoms with Crippen molar-refractivity contribution in [3.05, 3.63) is 46.2 Å². The Morgan fingerprint density at radius 2 is 2.06 bits per heavy atom. The molecule has 0 aliphatic carbocycles. The van der Waals surface area contributed by atoms with E-state index in [2.05, 4.69) is 21.0 Å². The van der Waals surface area contributed by atoms with Crippen LogP contribution in [-0.4, -0.2) is 9.78 Å².